The lowest BCUT2D eigenvalue weighted by Gasteiger charge is -2.30. The van der Waals surface area contributed by atoms with Crippen LogP contribution in [0, 0.1) is 0 Å². The number of ether oxygens (including phenoxy) is 2. The third-order valence-electron chi connectivity index (χ3n) is 5.47. The smallest absolute Gasteiger partial charge is 0.191 e. The van der Waals surface area contributed by atoms with E-state index in [2.05, 4.69) is 63.0 Å². The van der Waals surface area contributed by atoms with E-state index in [0.717, 1.165) is 70.6 Å². The molecule has 4 rings (SSSR count). The molecular formula is C23H30N4O2. The Morgan fingerprint density at radius 3 is 2.79 bits per heavy atom. The number of guanidine groups is 1. The first kappa shape index (κ1) is 19.6. The molecule has 2 heterocycles. The Kier molecular flexibility index (Phi) is 6.52. The molecule has 1 fully saturated rings. The molecule has 0 atom stereocenters. The Hall–Kier alpha value is -2.73. The van der Waals surface area contributed by atoms with Crippen molar-refractivity contribution in [2.24, 2.45) is 4.99 Å². The highest BCUT2D eigenvalue weighted by atomic mass is 16.5. The van der Waals surface area contributed by atoms with Gasteiger partial charge in [0.2, 0.25) is 0 Å². The molecule has 2 aliphatic heterocycles. The molecule has 0 radical (unpaired) electrons. The van der Waals surface area contributed by atoms with E-state index in [4.69, 9.17) is 9.47 Å². The van der Waals surface area contributed by atoms with Crippen molar-refractivity contribution in [3.05, 3.63) is 59.2 Å². The molecule has 2 N–H and O–H groups in total. The Morgan fingerprint density at radius 2 is 1.93 bits per heavy atom. The van der Waals surface area contributed by atoms with Gasteiger partial charge in [0, 0.05) is 45.3 Å². The first-order valence-corrected chi connectivity index (χ1v) is 10.4. The van der Waals surface area contributed by atoms with E-state index < -0.39 is 0 Å². The lowest BCUT2D eigenvalue weighted by atomic mass is 10.1. The molecule has 6 heteroatoms. The molecular weight excluding hydrogens is 364 g/mol. The summed E-state index contributed by atoms with van der Waals surface area (Å²) in [4.78, 5) is 6.77. The molecule has 2 aromatic rings. The summed E-state index contributed by atoms with van der Waals surface area (Å²) < 4.78 is 11.1. The van der Waals surface area contributed by atoms with Crippen molar-refractivity contribution in [3.63, 3.8) is 0 Å². The van der Waals surface area contributed by atoms with E-state index in [1.807, 2.05) is 7.05 Å². The first-order chi connectivity index (χ1) is 14.3. The molecule has 0 aliphatic carbocycles. The van der Waals surface area contributed by atoms with E-state index in [-0.39, 0.29) is 0 Å². The fraction of sp³-hybridized carbons (Fsp3) is 0.435. The van der Waals surface area contributed by atoms with E-state index in [1.54, 1.807) is 0 Å². The van der Waals surface area contributed by atoms with Crippen LogP contribution in [-0.2, 0) is 24.1 Å². The number of benzene rings is 2. The van der Waals surface area contributed by atoms with Crippen LogP contribution in [0.3, 0.4) is 0 Å². The van der Waals surface area contributed by atoms with Crippen LogP contribution in [0.15, 0.2) is 47.5 Å². The normalized spacial score (nSPS) is 16.3. The van der Waals surface area contributed by atoms with E-state index in [9.17, 15) is 0 Å². The molecule has 0 unspecified atom stereocenters. The van der Waals surface area contributed by atoms with Gasteiger partial charge in [0.1, 0.15) is 5.75 Å². The molecule has 29 heavy (non-hydrogen) atoms. The van der Waals surface area contributed by atoms with Crippen molar-refractivity contribution in [2.45, 2.75) is 19.4 Å². The highest BCUT2D eigenvalue weighted by Crippen LogP contribution is 2.26. The number of hydrogen-bond donors (Lipinski definition) is 2. The van der Waals surface area contributed by atoms with Crippen molar-refractivity contribution < 1.29 is 9.47 Å². The zero-order chi connectivity index (χ0) is 19.9. The van der Waals surface area contributed by atoms with Crippen molar-refractivity contribution >= 4 is 11.6 Å². The van der Waals surface area contributed by atoms with Crippen LogP contribution >= 0.6 is 0 Å². The van der Waals surface area contributed by atoms with E-state index in [1.165, 1.54) is 22.4 Å². The zero-order valence-corrected chi connectivity index (χ0v) is 17.1. The summed E-state index contributed by atoms with van der Waals surface area (Å²) in [7, 11) is 1.82. The van der Waals surface area contributed by atoms with Crippen molar-refractivity contribution in [1.29, 1.82) is 0 Å². The summed E-state index contributed by atoms with van der Waals surface area (Å²) in [6.07, 6.45) is 1.97. The SMILES string of the molecule is CN=C(NCCc1ccc2c(c1)CCO2)NCc1ccccc1N1CCOCC1. The topological polar surface area (TPSA) is 58.1 Å². The maximum Gasteiger partial charge on any atom is 0.191 e. The number of para-hydroxylation sites is 1. The van der Waals surface area contributed by atoms with Gasteiger partial charge in [-0.15, -0.1) is 0 Å². The third kappa shape index (κ3) is 5.01. The fourth-order valence-electron chi connectivity index (χ4n) is 3.89. The van der Waals surface area contributed by atoms with Crippen LogP contribution in [-0.4, -0.2) is 52.5 Å². The second kappa shape index (κ2) is 9.65. The van der Waals surface area contributed by atoms with Gasteiger partial charge in [-0.25, -0.2) is 0 Å². The van der Waals surface area contributed by atoms with Gasteiger partial charge in [0.15, 0.2) is 5.96 Å². The number of anilines is 1. The molecule has 0 bridgehead atoms. The highest BCUT2D eigenvalue weighted by molar-refractivity contribution is 5.79. The molecule has 1 saturated heterocycles. The summed E-state index contributed by atoms with van der Waals surface area (Å²) in [5.41, 5.74) is 5.20. The number of hydrogen-bond acceptors (Lipinski definition) is 4. The van der Waals surface area contributed by atoms with Crippen LogP contribution in [0.2, 0.25) is 0 Å². The Bertz CT molecular complexity index is 847. The van der Waals surface area contributed by atoms with Crippen LogP contribution in [0.5, 0.6) is 5.75 Å². The number of aliphatic imine (C=N–C) groups is 1. The molecule has 154 valence electrons. The average Bonchev–Trinajstić information content (AvgIpc) is 3.25. The number of fused-ring (bicyclic) bond motifs is 1. The Morgan fingerprint density at radius 1 is 1.07 bits per heavy atom. The van der Waals surface area contributed by atoms with Crippen LogP contribution in [0.4, 0.5) is 5.69 Å². The summed E-state index contributed by atoms with van der Waals surface area (Å²) in [5.74, 6) is 1.87. The number of rotatable bonds is 6. The lowest BCUT2D eigenvalue weighted by molar-refractivity contribution is 0.122. The van der Waals surface area contributed by atoms with Gasteiger partial charge in [0.05, 0.1) is 19.8 Å². The monoisotopic (exact) mass is 394 g/mol. The average molecular weight is 395 g/mol. The fourth-order valence-corrected chi connectivity index (χ4v) is 3.89. The van der Waals surface area contributed by atoms with Gasteiger partial charge >= 0.3 is 0 Å². The summed E-state index contributed by atoms with van der Waals surface area (Å²) >= 11 is 0. The maximum absolute atomic E-state index is 5.59. The molecule has 0 amide bonds. The molecule has 2 aromatic carbocycles. The summed E-state index contributed by atoms with van der Waals surface area (Å²) in [5, 5.41) is 6.88. The van der Waals surface area contributed by atoms with Crippen molar-refractivity contribution in [2.75, 3.05) is 51.4 Å². The summed E-state index contributed by atoms with van der Waals surface area (Å²) in [6.45, 7) is 5.85. The predicted molar refractivity (Wildman–Crippen MR) is 117 cm³/mol. The van der Waals surface area contributed by atoms with Crippen LogP contribution in [0.1, 0.15) is 16.7 Å². The number of nitrogens with one attached hydrogen (secondary N) is 2. The van der Waals surface area contributed by atoms with Crippen molar-refractivity contribution in [1.82, 2.24) is 10.6 Å². The lowest BCUT2D eigenvalue weighted by Crippen LogP contribution is -2.39. The molecule has 0 saturated carbocycles. The molecule has 0 aromatic heterocycles. The third-order valence-corrected chi connectivity index (χ3v) is 5.47. The largest absolute Gasteiger partial charge is 0.493 e. The standard InChI is InChI=1S/C23H30N4O2/c1-24-23(25-10-8-18-6-7-22-19(16-18)9-13-29-22)26-17-20-4-2-3-5-21(20)27-11-14-28-15-12-27/h2-7,16H,8-15,17H2,1H3,(H2,24,25,26). The Labute approximate surface area is 172 Å². The van der Waals surface area contributed by atoms with Gasteiger partial charge in [-0.3, -0.25) is 4.99 Å². The second-order valence-electron chi connectivity index (χ2n) is 7.37. The van der Waals surface area contributed by atoms with Gasteiger partial charge in [-0.1, -0.05) is 30.3 Å². The van der Waals surface area contributed by atoms with E-state index >= 15 is 0 Å². The zero-order valence-electron chi connectivity index (χ0n) is 17.1. The quantitative estimate of drug-likeness (QED) is 0.582. The second-order valence-corrected chi connectivity index (χ2v) is 7.37. The van der Waals surface area contributed by atoms with Gasteiger partial charge in [-0.05, 0) is 35.2 Å². The van der Waals surface area contributed by atoms with Crippen molar-refractivity contribution in [3.8, 4) is 5.75 Å². The first-order valence-electron chi connectivity index (χ1n) is 10.4. The van der Waals surface area contributed by atoms with Crippen LogP contribution < -0.4 is 20.3 Å². The summed E-state index contributed by atoms with van der Waals surface area (Å²) in [6, 6.07) is 15.1. The van der Waals surface area contributed by atoms with Crippen LogP contribution in [0.25, 0.3) is 0 Å². The molecule has 6 nitrogen and oxygen atoms in total. The molecule has 0 spiro atoms. The van der Waals surface area contributed by atoms with E-state index in [0.29, 0.717) is 0 Å². The Balaban J connectivity index is 1.29. The predicted octanol–water partition coefficient (Wildman–Crippen LogP) is 2.37. The minimum atomic E-state index is 0.739. The minimum Gasteiger partial charge on any atom is -0.493 e. The highest BCUT2D eigenvalue weighted by Gasteiger charge is 2.15. The number of nitrogens with zero attached hydrogens (tertiary/aromatic N) is 2. The number of morpholine rings is 1. The van der Waals surface area contributed by atoms with Gasteiger partial charge in [-0.2, -0.15) is 0 Å². The molecule has 2 aliphatic rings. The maximum atomic E-state index is 5.59. The van der Waals surface area contributed by atoms with Gasteiger partial charge in [0.25, 0.3) is 0 Å². The van der Waals surface area contributed by atoms with Gasteiger partial charge < -0.3 is 25.0 Å². The minimum absolute atomic E-state index is 0.739.